The highest BCUT2D eigenvalue weighted by molar-refractivity contribution is 5.97. The van der Waals surface area contributed by atoms with E-state index in [1.807, 2.05) is 0 Å². The molecule has 1 aliphatic heterocycles. The lowest BCUT2D eigenvalue weighted by Crippen LogP contribution is -2.38. The average molecular weight is 485 g/mol. The van der Waals surface area contributed by atoms with E-state index >= 15 is 0 Å². The maximum Gasteiger partial charge on any atom is 0.339 e. The first-order valence-electron chi connectivity index (χ1n) is 11.7. The van der Waals surface area contributed by atoms with E-state index in [0.717, 1.165) is 32.4 Å². The molecule has 1 heterocycles. The van der Waals surface area contributed by atoms with Gasteiger partial charge in [0.2, 0.25) is 0 Å². The van der Waals surface area contributed by atoms with Gasteiger partial charge in [0.1, 0.15) is 5.75 Å². The van der Waals surface area contributed by atoms with Gasteiger partial charge in [0.05, 0.1) is 19.3 Å². The van der Waals surface area contributed by atoms with Gasteiger partial charge in [0.15, 0.2) is 24.2 Å². The maximum absolute atomic E-state index is 12.7. The number of likely N-dealkylation sites (tertiary alicyclic amines) is 1. The lowest BCUT2D eigenvalue weighted by Gasteiger charge is -2.26. The number of esters is 1. The van der Waals surface area contributed by atoms with Crippen molar-refractivity contribution in [3.63, 3.8) is 0 Å². The summed E-state index contributed by atoms with van der Waals surface area (Å²) in [6, 6.07) is 11.4. The Kier molecular flexibility index (Phi) is 9.34. The van der Waals surface area contributed by atoms with Crippen LogP contribution in [0.15, 0.2) is 42.5 Å². The van der Waals surface area contributed by atoms with Gasteiger partial charge < -0.3 is 29.2 Å². The van der Waals surface area contributed by atoms with Gasteiger partial charge in [-0.1, -0.05) is 0 Å². The molecule has 9 nitrogen and oxygen atoms in total. The highest BCUT2D eigenvalue weighted by Crippen LogP contribution is 2.29. The van der Waals surface area contributed by atoms with E-state index in [1.54, 1.807) is 49.3 Å². The van der Waals surface area contributed by atoms with Gasteiger partial charge in [-0.05, 0) is 75.6 Å². The van der Waals surface area contributed by atoms with Crippen molar-refractivity contribution >= 4 is 23.5 Å². The fourth-order valence-corrected chi connectivity index (χ4v) is 3.60. The Bertz CT molecular complexity index is 1020. The van der Waals surface area contributed by atoms with Crippen LogP contribution in [0.5, 0.6) is 17.2 Å². The first-order chi connectivity index (χ1) is 16.9. The Morgan fingerprint density at radius 3 is 2.34 bits per heavy atom. The lowest BCUT2D eigenvalue weighted by atomic mass is 10.1. The number of methoxy groups -OCH3 is 1. The summed E-state index contributed by atoms with van der Waals surface area (Å²) in [5, 5.41) is 2.69. The van der Waals surface area contributed by atoms with Gasteiger partial charge in [-0.2, -0.15) is 0 Å². The molecular formula is C26H32N2O7. The molecule has 1 aliphatic rings. The minimum atomic E-state index is -1.03. The van der Waals surface area contributed by atoms with Crippen LogP contribution in [-0.2, 0) is 14.3 Å². The summed E-state index contributed by atoms with van der Waals surface area (Å²) in [5.41, 5.74) is 0.755. The molecule has 0 spiro atoms. The number of rotatable bonds is 10. The molecule has 0 radical (unpaired) electrons. The molecule has 1 saturated heterocycles. The van der Waals surface area contributed by atoms with Crippen LogP contribution >= 0.6 is 0 Å². The quantitative estimate of drug-likeness (QED) is 0.513. The van der Waals surface area contributed by atoms with Crippen molar-refractivity contribution < 1.29 is 33.3 Å². The molecule has 2 aromatic carbocycles. The first kappa shape index (κ1) is 25.9. The zero-order chi connectivity index (χ0) is 25.2. The predicted molar refractivity (Wildman–Crippen MR) is 130 cm³/mol. The Labute approximate surface area is 205 Å². The van der Waals surface area contributed by atoms with Crippen molar-refractivity contribution in [2.75, 3.05) is 38.7 Å². The van der Waals surface area contributed by atoms with Gasteiger partial charge in [-0.15, -0.1) is 0 Å². The van der Waals surface area contributed by atoms with Crippen molar-refractivity contribution in [2.45, 2.75) is 39.2 Å². The summed E-state index contributed by atoms with van der Waals surface area (Å²) in [4.78, 5) is 39.3. The van der Waals surface area contributed by atoms with Crippen molar-refractivity contribution in [3.05, 3.63) is 48.0 Å². The van der Waals surface area contributed by atoms with Gasteiger partial charge in [-0.25, -0.2) is 4.79 Å². The van der Waals surface area contributed by atoms with Crippen molar-refractivity contribution in [1.82, 2.24) is 4.90 Å². The zero-order valence-corrected chi connectivity index (χ0v) is 20.4. The Morgan fingerprint density at radius 2 is 1.69 bits per heavy atom. The van der Waals surface area contributed by atoms with E-state index in [4.69, 9.17) is 18.9 Å². The fourth-order valence-electron chi connectivity index (χ4n) is 3.60. The van der Waals surface area contributed by atoms with Gasteiger partial charge in [0, 0.05) is 18.8 Å². The third-order valence-corrected chi connectivity index (χ3v) is 5.55. The number of carbonyl (C=O) groups excluding carboxylic acids is 3. The number of nitrogens with zero attached hydrogens (tertiary/aromatic N) is 1. The van der Waals surface area contributed by atoms with Crippen LogP contribution in [0, 0.1) is 0 Å². The van der Waals surface area contributed by atoms with Crippen molar-refractivity contribution in [2.24, 2.45) is 0 Å². The molecule has 0 bridgehead atoms. The third-order valence-electron chi connectivity index (χ3n) is 5.55. The Hall–Kier alpha value is -3.75. The average Bonchev–Trinajstić information content (AvgIpc) is 2.88. The predicted octanol–water partition coefficient (Wildman–Crippen LogP) is 3.67. The van der Waals surface area contributed by atoms with E-state index in [1.165, 1.54) is 19.1 Å². The molecule has 2 aromatic rings. The van der Waals surface area contributed by atoms with E-state index in [2.05, 4.69) is 5.32 Å². The highest BCUT2D eigenvalue weighted by atomic mass is 16.5. The maximum atomic E-state index is 12.7. The van der Waals surface area contributed by atoms with Crippen LogP contribution in [0.25, 0.3) is 0 Å². The summed E-state index contributed by atoms with van der Waals surface area (Å²) in [6.45, 7) is 5.02. The molecule has 0 aromatic heterocycles. The number of benzene rings is 2. The molecule has 1 fully saturated rings. The normalized spacial score (nSPS) is 14.0. The number of nitrogens with one attached hydrogen (secondary N) is 1. The molecule has 0 saturated carbocycles. The number of hydrogen-bond acceptors (Lipinski definition) is 7. The number of hydrogen-bond donors (Lipinski definition) is 1. The van der Waals surface area contributed by atoms with Gasteiger partial charge in [0.25, 0.3) is 11.8 Å². The molecule has 9 heteroatoms. The highest BCUT2D eigenvalue weighted by Gasteiger charge is 2.22. The first-order valence-corrected chi connectivity index (χ1v) is 11.7. The number of piperidine rings is 1. The SMILES string of the molecule is CCOc1cc(C(=O)OC(C)C(=O)Nc2ccc(OC)cc2)ccc1OCC(=O)N1CCCCC1. The smallest absolute Gasteiger partial charge is 0.339 e. The molecule has 35 heavy (non-hydrogen) atoms. The second-order valence-corrected chi connectivity index (χ2v) is 8.09. The molecular weight excluding hydrogens is 452 g/mol. The molecule has 188 valence electrons. The van der Waals surface area contributed by atoms with Crippen LogP contribution in [0.4, 0.5) is 5.69 Å². The summed E-state index contributed by atoms with van der Waals surface area (Å²) in [5.74, 6) is 0.120. The number of anilines is 1. The van der Waals surface area contributed by atoms with E-state index in [-0.39, 0.29) is 18.1 Å². The van der Waals surface area contributed by atoms with Crippen molar-refractivity contribution in [3.8, 4) is 17.2 Å². The summed E-state index contributed by atoms with van der Waals surface area (Å²) in [6.07, 6.45) is 2.11. The van der Waals surface area contributed by atoms with Gasteiger partial charge in [-0.3, -0.25) is 9.59 Å². The fraction of sp³-hybridized carbons (Fsp3) is 0.423. The van der Waals surface area contributed by atoms with Crippen LogP contribution in [0.3, 0.4) is 0 Å². The number of carbonyl (C=O) groups is 3. The molecule has 3 rings (SSSR count). The van der Waals surface area contributed by atoms with E-state index in [0.29, 0.717) is 29.5 Å². The minimum Gasteiger partial charge on any atom is -0.497 e. The molecule has 1 N–H and O–H groups in total. The van der Waals surface area contributed by atoms with Crippen LogP contribution in [-0.4, -0.2) is 62.2 Å². The largest absolute Gasteiger partial charge is 0.497 e. The Morgan fingerprint density at radius 1 is 0.971 bits per heavy atom. The van der Waals surface area contributed by atoms with Crippen LogP contribution < -0.4 is 19.5 Å². The molecule has 1 atom stereocenters. The van der Waals surface area contributed by atoms with Crippen molar-refractivity contribution in [1.29, 1.82) is 0 Å². The number of ether oxygens (including phenoxy) is 4. The minimum absolute atomic E-state index is 0.0765. The monoisotopic (exact) mass is 484 g/mol. The Balaban J connectivity index is 1.59. The second-order valence-electron chi connectivity index (χ2n) is 8.09. The zero-order valence-electron chi connectivity index (χ0n) is 20.4. The van der Waals surface area contributed by atoms with Crippen LogP contribution in [0.2, 0.25) is 0 Å². The topological polar surface area (TPSA) is 103 Å². The standard InChI is InChI=1S/C26H32N2O7/c1-4-33-23-16-19(8-13-22(23)34-17-24(29)28-14-6-5-7-15-28)26(31)35-18(2)25(30)27-20-9-11-21(32-3)12-10-20/h8-13,16,18H,4-7,14-15,17H2,1-3H3,(H,27,30). The molecule has 2 amide bonds. The van der Waals surface area contributed by atoms with Crippen LogP contribution in [0.1, 0.15) is 43.5 Å². The molecule has 1 unspecified atom stereocenters. The molecule has 0 aliphatic carbocycles. The second kappa shape index (κ2) is 12.6. The summed E-state index contributed by atoms with van der Waals surface area (Å²) >= 11 is 0. The van der Waals surface area contributed by atoms with E-state index in [9.17, 15) is 14.4 Å². The summed E-state index contributed by atoms with van der Waals surface area (Å²) in [7, 11) is 1.56. The third kappa shape index (κ3) is 7.37. The summed E-state index contributed by atoms with van der Waals surface area (Å²) < 4.78 is 21.7. The van der Waals surface area contributed by atoms with E-state index < -0.39 is 18.0 Å². The van der Waals surface area contributed by atoms with Gasteiger partial charge >= 0.3 is 5.97 Å². The number of amides is 2. The lowest BCUT2D eigenvalue weighted by molar-refractivity contribution is -0.134.